The van der Waals surface area contributed by atoms with Crippen LogP contribution in [0.1, 0.15) is 13.0 Å². The highest BCUT2D eigenvalue weighted by Gasteiger charge is 2.48. The largest absolute Gasteiger partial charge is 0.327 e. The second-order valence-corrected chi connectivity index (χ2v) is 7.12. The summed E-state index contributed by atoms with van der Waals surface area (Å²) in [7, 11) is 0. The summed E-state index contributed by atoms with van der Waals surface area (Å²) in [5.74, 6) is 0.743. The summed E-state index contributed by atoms with van der Waals surface area (Å²) < 4.78 is 1.74. The Kier molecular flexibility index (Phi) is 3.42. The fourth-order valence-corrected chi connectivity index (χ4v) is 4.48. The first-order chi connectivity index (χ1) is 12.8. The minimum Gasteiger partial charge on any atom is -0.327 e. The van der Waals surface area contributed by atoms with E-state index in [0.29, 0.717) is 11.8 Å². The van der Waals surface area contributed by atoms with Crippen LogP contribution in [0.15, 0.2) is 72.9 Å². The fraction of sp³-hybridized carbons (Fsp3) is 0.286. The van der Waals surface area contributed by atoms with Crippen LogP contribution in [-0.2, 0) is 4.79 Å². The zero-order valence-corrected chi connectivity index (χ0v) is 14.5. The molecular weight excluding hydrogens is 324 g/mol. The Morgan fingerprint density at radius 3 is 2.27 bits per heavy atom. The van der Waals surface area contributed by atoms with Gasteiger partial charge in [0.2, 0.25) is 5.91 Å². The summed E-state index contributed by atoms with van der Waals surface area (Å²) in [6, 6.07) is 7.54. The number of hydrogen-bond donors (Lipinski definition) is 0. The van der Waals surface area contributed by atoms with Crippen molar-refractivity contribution in [3.8, 4) is 0 Å². The average Bonchev–Trinajstić information content (AvgIpc) is 3.26. The van der Waals surface area contributed by atoms with Gasteiger partial charge in [-0.25, -0.2) is 4.68 Å². The minimum atomic E-state index is -0.402. The lowest BCUT2D eigenvalue weighted by molar-refractivity contribution is -0.136. The van der Waals surface area contributed by atoms with E-state index in [1.807, 2.05) is 48.2 Å². The molecule has 1 aromatic heterocycles. The first-order valence-corrected chi connectivity index (χ1v) is 9.08. The highest BCUT2D eigenvalue weighted by molar-refractivity contribution is 5.84. The highest BCUT2D eigenvalue weighted by Crippen LogP contribution is 2.42. The third-order valence-corrected chi connectivity index (χ3v) is 5.74. The zero-order chi connectivity index (χ0) is 17.7. The molecule has 0 bridgehead atoms. The van der Waals surface area contributed by atoms with Crippen LogP contribution in [0.3, 0.4) is 0 Å². The van der Waals surface area contributed by atoms with Crippen LogP contribution in [0.25, 0.3) is 11.0 Å². The van der Waals surface area contributed by atoms with Gasteiger partial charge in [0.15, 0.2) is 0 Å². The standard InChI is InChI=1S/C21H20N4O/c1-14(25-20-13-7-4-10-17(20)22-23-25)21(26)24-18-11-5-2-8-15(18)16-9-3-6-12-19(16)24/h2-16,18-19H,1H3. The molecule has 130 valence electrons. The number of aromatic nitrogens is 3. The molecule has 3 aliphatic rings. The van der Waals surface area contributed by atoms with Gasteiger partial charge in [0, 0.05) is 11.8 Å². The van der Waals surface area contributed by atoms with Gasteiger partial charge in [-0.1, -0.05) is 66.0 Å². The van der Waals surface area contributed by atoms with Crippen molar-refractivity contribution in [3.05, 3.63) is 72.9 Å². The van der Waals surface area contributed by atoms with E-state index in [0.717, 1.165) is 11.0 Å². The van der Waals surface area contributed by atoms with Crippen molar-refractivity contribution in [2.75, 3.05) is 0 Å². The molecule has 1 saturated heterocycles. The van der Waals surface area contributed by atoms with Crippen molar-refractivity contribution in [3.63, 3.8) is 0 Å². The summed E-state index contributed by atoms with van der Waals surface area (Å²) >= 11 is 0. The maximum Gasteiger partial charge on any atom is 0.248 e. The predicted octanol–water partition coefficient (Wildman–Crippen LogP) is 3.06. The zero-order valence-electron chi connectivity index (χ0n) is 14.5. The Morgan fingerprint density at radius 2 is 1.58 bits per heavy atom. The Bertz CT molecular complexity index is 949. The van der Waals surface area contributed by atoms with Gasteiger partial charge >= 0.3 is 0 Å². The molecule has 1 fully saturated rings. The second-order valence-electron chi connectivity index (χ2n) is 7.12. The molecule has 2 aliphatic carbocycles. The smallest absolute Gasteiger partial charge is 0.248 e. The van der Waals surface area contributed by atoms with Crippen LogP contribution in [0.5, 0.6) is 0 Å². The van der Waals surface area contributed by atoms with Crippen molar-refractivity contribution in [2.45, 2.75) is 25.0 Å². The number of carbonyl (C=O) groups excluding carboxylic acids is 1. The number of nitrogens with zero attached hydrogens (tertiary/aromatic N) is 4. The van der Waals surface area contributed by atoms with Gasteiger partial charge in [0.05, 0.1) is 17.6 Å². The molecule has 5 unspecified atom stereocenters. The first kappa shape index (κ1) is 15.3. The fourth-order valence-electron chi connectivity index (χ4n) is 4.48. The SMILES string of the molecule is CC(C(=O)N1C2C=CC=CC2C2C=CC=CC21)n1nnc2ccccc21. The van der Waals surface area contributed by atoms with E-state index in [4.69, 9.17) is 0 Å². The van der Waals surface area contributed by atoms with Crippen LogP contribution in [0.2, 0.25) is 0 Å². The lowest BCUT2D eigenvalue weighted by atomic mass is 9.83. The Labute approximate surface area is 152 Å². The van der Waals surface area contributed by atoms with Crippen LogP contribution in [-0.4, -0.2) is 37.9 Å². The average molecular weight is 344 g/mol. The van der Waals surface area contributed by atoms with E-state index in [-0.39, 0.29) is 18.0 Å². The first-order valence-electron chi connectivity index (χ1n) is 9.08. The van der Waals surface area contributed by atoms with Gasteiger partial charge in [0.1, 0.15) is 11.6 Å². The number of rotatable bonds is 2. The summed E-state index contributed by atoms with van der Waals surface area (Å²) in [4.78, 5) is 15.6. The summed E-state index contributed by atoms with van der Waals surface area (Å²) in [5, 5.41) is 8.45. The van der Waals surface area contributed by atoms with Gasteiger partial charge in [-0.3, -0.25) is 4.79 Å². The van der Waals surface area contributed by atoms with Crippen molar-refractivity contribution >= 4 is 16.9 Å². The number of amides is 1. The summed E-state index contributed by atoms with van der Waals surface area (Å²) in [5.41, 5.74) is 1.70. The molecule has 0 saturated carbocycles. The molecule has 0 N–H and O–H groups in total. The van der Waals surface area contributed by atoms with E-state index in [1.165, 1.54) is 0 Å². The summed E-state index contributed by atoms with van der Waals surface area (Å²) in [6.45, 7) is 1.91. The molecule has 1 amide bonds. The lowest BCUT2D eigenvalue weighted by Gasteiger charge is -2.32. The molecule has 5 atom stereocenters. The van der Waals surface area contributed by atoms with Gasteiger partial charge in [-0.15, -0.1) is 5.10 Å². The topological polar surface area (TPSA) is 51.0 Å². The normalized spacial score (nSPS) is 29.8. The van der Waals surface area contributed by atoms with Crippen molar-refractivity contribution in [1.29, 1.82) is 0 Å². The molecule has 0 spiro atoms. The van der Waals surface area contributed by atoms with Crippen molar-refractivity contribution in [2.24, 2.45) is 11.8 Å². The maximum absolute atomic E-state index is 13.5. The maximum atomic E-state index is 13.5. The van der Waals surface area contributed by atoms with Gasteiger partial charge < -0.3 is 4.90 Å². The molecule has 26 heavy (non-hydrogen) atoms. The third kappa shape index (κ3) is 2.13. The van der Waals surface area contributed by atoms with Gasteiger partial charge in [-0.05, 0) is 19.1 Å². The van der Waals surface area contributed by atoms with Crippen LogP contribution >= 0.6 is 0 Å². The van der Waals surface area contributed by atoms with E-state index in [1.54, 1.807) is 4.68 Å². The molecule has 5 nitrogen and oxygen atoms in total. The highest BCUT2D eigenvalue weighted by atomic mass is 16.2. The lowest BCUT2D eigenvalue weighted by Crippen LogP contribution is -2.45. The molecule has 2 aromatic rings. The number of likely N-dealkylation sites (tertiary alicyclic amines) is 1. The predicted molar refractivity (Wildman–Crippen MR) is 100 cm³/mol. The van der Waals surface area contributed by atoms with Gasteiger partial charge in [-0.2, -0.15) is 0 Å². The Morgan fingerprint density at radius 1 is 0.962 bits per heavy atom. The number of allylic oxidation sites excluding steroid dienone is 4. The van der Waals surface area contributed by atoms with E-state index >= 15 is 0 Å². The third-order valence-electron chi connectivity index (χ3n) is 5.74. The number of hydrogen-bond acceptors (Lipinski definition) is 3. The molecule has 2 heterocycles. The van der Waals surface area contributed by atoms with E-state index < -0.39 is 6.04 Å². The van der Waals surface area contributed by atoms with Crippen LogP contribution in [0.4, 0.5) is 0 Å². The Hall–Kier alpha value is -2.95. The minimum absolute atomic E-state index is 0.0862. The quantitative estimate of drug-likeness (QED) is 0.841. The van der Waals surface area contributed by atoms with Crippen LogP contribution < -0.4 is 0 Å². The number of fused-ring (bicyclic) bond motifs is 4. The molecular formula is C21H20N4O. The molecule has 1 aliphatic heterocycles. The number of para-hydroxylation sites is 1. The second kappa shape index (κ2) is 5.80. The van der Waals surface area contributed by atoms with E-state index in [9.17, 15) is 4.79 Å². The summed E-state index contributed by atoms with van der Waals surface area (Å²) in [6.07, 6.45) is 17.0. The van der Waals surface area contributed by atoms with Crippen molar-refractivity contribution in [1.82, 2.24) is 19.9 Å². The molecule has 0 radical (unpaired) electrons. The van der Waals surface area contributed by atoms with Crippen molar-refractivity contribution < 1.29 is 4.79 Å². The van der Waals surface area contributed by atoms with Crippen LogP contribution in [0, 0.1) is 11.8 Å². The number of benzene rings is 1. The Balaban J connectivity index is 1.53. The van der Waals surface area contributed by atoms with E-state index in [2.05, 4.69) is 46.8 Å². The van der Waals surface area contributed by atoms with Gasteiger partial charge in [0.25, 0.3) is 0 Å². The monoisotopic (exact) mass is 344 g/mol. The molecule has 5 heteroatoms. The molecule has 1 aromatic carbocycles. The number of carbonyl (C=O) groups is 1. The molecule has 5 rings (SSSR count).